The molecule has 0 radical (unpaired) electrons. The first-order valence-corrected chi connectivity index (χ1v) is 13.8. The number of nitrogens with one attached hydrogen (secondary N) is 2. The summed E-state index contributed by atoms with van der Waals surface area (Å²) in [5.74, 6) is -0.400. The SMILES string of the molecule is O=C(Nc1nn[nH]n1)c1ccc(CN(C(=O)COc2ccc(OC(F)(F)F)cc2)c2ccc(C3CCCCC3)cc2)cc1. The molecule has 0 unspecified atom stereocenters. The molecule has 1 aliphatic carbocycles. The van der Waals surface area contributed by atoms with E-state index in [1.807, 2.05) is 12.1 Å². The average Bonchev–Trinajstić information content (AvgIpc) is 3.52. The Morgan fingerprint density at radius 2 is 1.58 bits per heavy atom. The van der Waals surface area contributed by atoms with Gasteiger partial charge in [0.15, 0.2) is 6.61 Å². The van der Waals surface area contributed by atoms with Gasteiger partial charge in [-0.3, -0.25) is 14.9 Å². The molecule has 10 nitrogen and oxygen atoms in total. The van der Waals surface area contributed by atoms with Gasteiger partial charge in [0.05, 0.1) is 6.54 Å². The van der Waals surface area contributed by atoms with Gasteiger partial charge in [0, 0.05) is 11.3 Å². The van der Waals surface area contributed by atoms with Crippen LogP contribution in [0.1, 0.15) is 59.5 Å². The van der Waals surface area contributed by atoms with Crippen LogP contribution in [0.4, 0.5) is 24.8 Å². The number of benzene rings is 3. The van der Waals surface area contributed by atoms with Crippen LogP contribution in [0.25, 0.3) is 0 Å². The minimum atomic E-state index is -4.80. The van der Waals surface area contributed by atoms with Gasteiger partial charge in [0.1, 0.15) is 11.5 Å². The Balaban J connectivity index is 1.29. The minimum absolute atomic E-state index is 0.0463. The van der Waals surface area contributed by atoms with Gasteiger partial charge >= 0.3 is 6.36 Å². The molecule has 2 N–H and O–H groups in total. The Morgan fingerprint density at radius 3 is 2.21 bits per heavy atom. The number of amides is 2. The van der Waals surface area contributed by atoms with Crippen molar-refractivity contribution in [2.75, 3.05) is 16.8 Å². The number of carbonyl (C=O) groups excluding carboxylic acids is 2. The van der Waals surface area contributed by atoms with Gasteiger partial charge in [-0.2, -0.15) is 5.21 Å². The van der Waals surface area contributed by atoms with Crippen molar-refractivity contribution in [3.05, 3.63) is 89.5 Å². The summed E-state index contributed by atoms with van der Waals surface area (Å²) >= 11 is 0. The molecule has 2 amide bonds. The van der Waals surface area contributed by atoms with E-state index in [0.29, 0.717) is 17.2 Å². The highest BCUT2D eigenvalue weighted by atomic mass is 19.4. The molecule has 224 valence electrons. The largest absolute Gasteiger partial charge is 0.573 e. The van der Waals surface area contributed by atoms with E-state index in [4.69, 9.17) is 4.74 Å². The molecule has 0 atom stereocenters. The molecule has 0 saturated heterocycles. The van der Waals surface area contributed by atoms with Crippen molar-refractivity contribution in [2.24, 2.45) is 0 Å². The summed E-state index contributed by atoms with van der Waals surface area (Å²) in [4.78, 5) is 27.5. The van der Waals surface area contributed by atoms with E-state index < -0.39 is 12.3 Å². The number of hydrogen-bond donors (Lipinski definition) is 2. The summed E-state index contributed by atoms with van der Waals surface area (Å²) in [5, 5.41) is 15.6. The lowest BCUT2D eigenvalue weighted by Crippen LogP contribution is -2.34. The Kier molecular flexibility index (Phi) is 9.18. The van der Waals surface area contributed by atoms with Crippen LogP contribution >= 0.6 is 0 Å². The summed E-state index contributed by atoms with van der Waals surface area (Å²) in [6.45, 7) is -0.162. The van der Waals surface area contributed by atoms with Gasteiger partial charge in [0.25, 0.3) is 17.8 Å². The molecular formula is C30H29F3N6O4. The lowest BCUT2D eigenvalue weighted by molar-refractivity contribution is -0.274. The number of aromatic nitrogens is 4. The molecule has 43 heavy (non-hydrogen) atoms. The van der Waals surface area contributed by atoms with E-state index in [1.54, 1.807) is 29.2 Å². The summed E-state index contributed by atoms with van der Waals surface area (Å²) in [7, 11) is 0. The smallest absolute Gasteiger partial charge is 0.484 e. The maximum Gasteiger partial charge on any atom is 0.573 e. The van der Waals surface area contributed by atoms with Crippen molar-refractivity contribution in [1.29, 1.82) is 0 Å². The monoisotopic (exact) mass is 594 g/mol. The van der Waals surface area contributed by atoms with Crippen LogP contribution in [-0.2, 0) is 11.3 Å². The third-order valence-corrected chi connectivity index (χ3v) is 7.13. The zero-order valence-corrected chi connectivity index (χ0v) is 23.0. The summed E-state index contributed by atoms with van der Waals surface area (Å²) in [6, 6.07) is 19.5. The molecule has 5 rings (SSSR count). The van der Waals surface area contributed by atoms with Gasteiger partial charge < -0.3 is 14.4 Å². The Bertz CT molecular complexity index is 1490. The third-order valence-electron chi connectivity index (χ3n) is 7.13. The van der Waals surface area contributed by atoms with Crippen molar-refractivity contribution in [1.82, 2.24) is 20.6 Å². The van der Waals surface area contributed by atoms with Gasteiger partial charge in [-0.05, 0) is 83.6 Å². The maximum absolute atomic E-state index is 13.5. The standard InChI is InChI=1S/C30H29F3N6O4/c31-30(32,33)43-26-16-14-25(15-17-26)42-19-27(40)39(24-12-10-22(11-13-24)21-4-2-1-3-5-21)18-20-6-8-23(9-7-20)28(41)34-29-35-37-38-36-29/h6-17,21H,1-5,18-19H2,(H2,34,35,36,37,38,41). The highest BCUT2D eigenvalue weighted by Crippen LogP contribution is 2.33. The Labute approximate surface area is 245 Å². The second-order valence-electron chi connectivity index (χ2n) is 10.1. The first-order chi connectivity index (χ1) is 20.7. The van der Waals surface area contributed by atoms with E-state index in [-0.39, 0.29) is 36.5 Å². The van der Waals surface area contributed by atoms with E-state index in [9.17, 15) is 22.8 Å². The van der Waals surface area contributed by atoms with Crippen molar-refractivity contribution >= 4 is 23.5 Å². The van der Waals surface area contributed by atoms with E-state index in [0.717, 1.165) is 30.5 Å². The molecule has 0 aliphatic heterocycles. The molecule has 1 heterocycles. The number of H-pyrrole nitrogens is 1. The predicted molar refractivity (Wildman–Crippen MR) is 151 cm³/mol. The number of hydrogen-bond acceptors (Lipinski definition) is 7. The average molecular weight is 595 g/mol. The number of ether oxygens (including phenoxy) is 2. The number of anilines is 2. The van der Waals surface area contributed by atoms with Crippen molar-refractivity contribution in [2.45, 2.75) is 50.9 Å². The van der Waals surface area contributed by atoms with Crippen molar-refractivity contribution < 1.29 is 32.2 Å². The molecule has 1 aliphatic rings. The number of carbonyl (C=O) groups is 2. The van der Waals surface area contributed by atoms with Crippen LogP contribution < -0.4 is 19.7 Å². The zero-order chi connectivity index (χ0) is 30.2. The van der Waals surface area contributed by atoms with Crippen LogP contribution in [0.3, 0.4) is 0 Å². The van der Waals surface area contributed by atoms with Crippen LogP contribution in [-0.4, -0.2) is 45.4 Å². The number of tetrazole rings is 1. The fourth-order valence-corrected chi connectivity index (χ4v) is 4.98. The Morgan fingerprint density at radius 1 is 0.907 bits per heavy atom. The van der Waals surface area contributed by atoms with E-state index in [1.165, 1.54) is 37.0 Å². The normalized spacial score (nSPS) is 13.7. The molecule has 13 heteroatoms. The van der Waals surface area contributed by atoms with Crippen molar-refractivity contribution in [3.63, 3.8) is 0 Å². The molecule has 3 aromatic carbocycles. The topological polar surface area (TPSA) is 122 Å². The second-order valence-corrected chi connectivity index (χ2v) is 10.1. The van der Waals surface area contributed by atoms with Crippen LogP contribution in [0.15, 0.2) is 72.8 Å². The highest BCUT2D eigenvalue weighted by Gasteiger charge is 2.31. The molecule has 1 saturated carbocycles. The molecule has 1 aromatic heterocycles. The van der Waals surface area contributed by atoms with Crippen LogP contribution in [0.5, 0.6) is 11.5 Å². The number of aromatic amines is 1. The number of halogens is 3. The summed E-state index contributed by atoms with van der Waals surface area (Å²) in [6.07, 6.45) is 1.17. The fourth-order valence-electron chi connectivity index (χ4n) is 4.98. The van der Waals surface area contributed by atoms with Gasteiger partial charge in [-0.25, -0.2) is 0 Å². The van der Waals surface area contributed by atoms with E-state index >= 15 is 0 Å². The number of alkyl halides is 3. The molecule has 4 aromatic rings. The number of nitrogens with zero attached hydrogens (tertiary/aromatic N) is 4. The lowest BCUT2D eigenvalue weighted by atomic mass is 9.84. The lowest BCUT2D eigenvalue weighted by Gasteiger charge is -2.25. The molecule has 0 bridgehead atoms. The molecular weight excluding hydrogens is 565 g/mol. The summed E-state index contributed by atoms with van der Waals surface area (Å²) < 4.78 is 46.9. The minimum Gasteiger partial charge on any atom is -0.484 e. The first kappa shape index (κ1) is 29.5. The van der Waals surface area contributed by atoms with Gasteiger partial charge in [-0.1, -0.05) is 48.6 Å². The molecule has 0 spiro atoms. The molecule has 1 fully saturated rings. The van der Waals surface area contributed by atoms with E-state index in [2.05, 4.69) is 42.8 Å². The Hall–Kier alpha value is -4.94. The third kappa shape index (κ3) is 8.31. The second kappa shape index (κ2) is 13.4. The maximum atomic E-state index is 13.5. The first-order valence-electron chi connectivity index (χ1n) is 13.8. The van der Waals surface area contributed by atoms with Gasteiger partial charge in [-0.15, -0.1) is 18.3 Å². The zero-order valence-electron chi connectivity index (χ0n) is 23.0. The number of rotatable bonds is 10. The fraction of sp³-hybridized carbons (Fsp3) is 0.300. The quantitative estimate of drug-likeness (QED) is 0.231. The summed E-state index contributed by atoms with van der Waals surface area (Å²) in [5.41, 5.74) is 3.03. The van der Waals surface area contributed by atoms with Crippen LogP contribution in [0, 0.1) is 0 Å². The van der Waals surface area contributed by atoms with Crippen LogP contribution in [0.2, 0.25) is 0 Å². The highest BCUT2D eigenvalue weighted by molar-refractivity contribution is 6.03. The van der Waals surface area contributed by atoms with Gasteiger partial charge in [0.2, 0.25) is 0 Å². The van der Waals surface area contributed by atoms with Crippen molar-refractivity contribution in [3.8, 4) is 11.5 Å². The predicted octanol–water partition coefficient (Wildman–Crippen LogP) is 6.01.